The minimum Gasteiger partial charge on any atom is -0.398 e. The summed E-state index contributed by atoms with van der Waals surface area (Å²) in [7, 11) is -0.429. The summed E-state index contributed by atoms with van der Waals surface area (Å²) >= 11 is 0. The highest BCUT2D eigenvalue weighted by Gasteiger charge is 2.52. The van der Waals surface area contributed by atoms with Crippen LogP contribution in [0.15, 0.2) is 12.4 Å². The Balaban J connectivity index is 2.25. The zero-order valence-corrected chi connectivity index (χ0v) is 12.7. The van der Waals surface area contributed by atoms with Crippen LogP contribution in [0.3, 0.4) is 0 Å². The van der Waals surface area contributed by atoms with Crippen molar-refractivity contribution in [1.29, 1.82) is 0 Å². The lowest BCUT2D eigenvalue weighted by molar-refractivity contribution is 0.00578. The molecule has 0 amide bonds. The molecule has 1 unspecified atom stereocenters. The Bertz CT molecular complexity index is 447. The molecule has 1 atom stereocenters. The van der Waals surface area contributed by atoms with Crippen LogP contribution in [0.2, 0.25) is 0 Å². The molecule has 1 saturated heterocycles. The molecule has 1 aliphatic rings. The first-order chi connectivity index (χ1) is 8.77. The second kappa shape index (κ2) is 4.87. The third-order valence-corrected chi connectivity index (χ3v) is 4.28. The Kier molecular flexibility index (Phi) is 3.71. The van der Waals surface area contributed by atoms with Crippen LogP contribution in [0, 0.1) is 0 Å². The molecule has 4 nitrogen and oxygen atoms in total. The highest BCUT2D eigenvalue weighted by atomic mass is 16.7. The molecule has 0 N–H and O–H groups in total. The zero-order chi connectivity index (χ0) is 14.3. The van der Waals surface area contributed by atoms with Gasteiger partial charge in [-0.15, -0.1) is 0 Å². The van der Waals surface area contributed by atoms with Crippen molar-refractivity contribution < 1.29 is 9.31 Å². The van der Waals surface area contributed by atoms with Crippen LogP contribution in [0.1, 0.15) is 59.6 Å². The number of aromatic nitrogens is 2. The van der Waals surface area contributed by atoms with Crippen LogP contribution in [-0.4, -0.2) is 28.3 Å². The van der Waals surface area contributed by atoms with E-state index in [4.69, 9.17) is 9.31 Å². The Labute approximate surface area is 116 Å². The van der Waals surface area contributed by atoms with Gasteiger partial charge >= 0.3 is 7.12 Å². The molecule has 2 rings (SSSR count). The molecule has 1 aromatic heterocycles. The van der Waals surface area contributed by atoms with E-state index in [2.05, 4.69) is 23.8 Å². The number of hydrogen-bond acceptors (Lipinski definition) is 4. The predicted molar refractivity (Wildman–Crippen MR) is 76.5 cm³/mol. The van der Waals surface area contributed by atoms with Gasteiger partial charge in [0.1, 0.15) is 0 Å². The molecule has 19 heavy (non-hydrogen) atoms. The molecule has 1 fully saturated rings. The van der Waals surface area contributed by atoms with Gasteiger partial charge in [0, 0.05) is 12.4 Å². The van der Waals surface area contributed by atoms with Gasteiger partial charge in [0.2, 0.25) is 0 Å². The lowest BCUT2D eigenvalue weighted by Gasteiger charge is -2.32. The fourth-order valence-electron chi connectivity index (χ4n) is 1.92. The van der Waals surface area contributed by atoms with Crippen LogP contribution in [-0.2, 0) is 9.31 Å². The van der Waals surface area contributed by atoms with Gasteiger partial charge < -0.3 is 9.31 Å². The van der Waals surface area contributed by atoms with Gasteiger partial charge in [-0.25, -0.2) is 0 Å². The van der Waals surface area contributed by atoms with E-state index in [0.29, 0.717) is 5.92 Å². The minimum atomic E-state index is -0.429. The van der Waals surface area contributed by atoms with Gasteiger partial charge in [-0.05, 0) is 40.0 Å². The number of rotatable bonds is 3. The Morgan fingerprint density at radius 2 is 1.74 bits per heavy atom. The Morgan fingerprint density at radius 1 is 1.16 bits per heavy atom. The van der Waals surface area contributed by atoms with Crippen LogP contribution in [0.25, 0.3) is 0 Å². The van der Waals surface area contributed by atoms with Crippen molar-refractivity contribution in [3.63, 3.8) is 0 Å². The summed E-state index contributed by atoms with van der Waals surface area (Å²) in [5.74, 6) is 0.398. The van der Waals surface area contributed by atoms with Gasteiger partial charge in [-0.2, -0.15) is 0 Å². The monoisotopic (exact) mass is 262 g/mol. The predicted octanol–water partition coefficient (Wildman–Crippen LogP) is 2.29. The normalized spacial score (nSPS) is 22.5. The number of nitrogens with zero attached hydrogens (tertiary/aromatic N) is 2. The molecule has 1 aliphatic heterocycles. The summed E-state index contributed by atoms with van der Waals surface area (Å²) in [5, 5.41) is 0. The zero-order valence-electron chi connectivity index (χ0n) is 12.7. The fourth-order valence-corrected chi connectivity index (χ4v) is 1.92. The third kappa shape index (κ3) is 2.67. The van der Waals surface area contributed by atoms with Gasteiger partial charge in [0.05, 0.1) is 22.5 Å². The lowest BCUT2D eigenvalue weighted by atomic mass is 9.85. The SMILES string of the molecule is CCC(C)c1cncc(B2OC(C)(C)C(C)(C)O2)n1. The highest BCUT2D eigenvalue weighted by molar-refractivity contribution is 6.61. The van der Waals surface area contributed by atoms with Crippen molar-refractivity contribution in [3.8, 4) is 0 Å². The Morgan fingerprint density at radius 3 is 2.26 bits per heavy atom. The average Bonchev–Trinajstić information content (AvgIpc) is 2.58. The first-order valence-electron chi connectivity index (χ1n) is 6.94. The maximum absolute atomic E-state index is 5.99. The van der Waals surface area contributed by atoms with Gasteiger partial charge in [-0.1, -0.05) is 13.8 Å². The standard InChI is InChI=1S/C14H23BN2O2/c1-7-10(2)11-8-16-9-12(17-11)15-18-13(3,4)14(5,6)19-15/h8-10H,7H2,1-6H3. The van der Waals surface area contributed by atoms with Crippen molar-refractivity contribution in [3.05, 3.63) is 18.1 Å². The molecule has 104 valence electrons. The molecule has 0 bridgehead atoms. The molecule has 0 aromatic carbocycles. The van der Waals surface area contributed by atoms with Gasteiger partial charge in [0.25, 0.3) is 0 Å². The molecule has 0 spiro atoms. The van der Waals surface area contributed by atoms with Crippen LogP contribution in [0.5, 0.6) is 0 Å². The second-order valence-electron chi connectivity index (χ2n) is 6.27. The Hall–Kier alpha value is -0.935. The summed E-state index contributed by atoms with van der Waals surface area (Å²) in [6, 6.07) is 0. The summed E-state index contributed by atoms with van der Waals surface area (Å²) < 4.78 is 12.0. The first-order valence-corrected chi connectivity index (χ1v) is 6.94. The molecular formula is C14H23BN2O2. The molecule has 0 aliphatic carbocycles. The van der Waals surface area contributed by atoms with E-state index >= 15 is 0 Å². The molecule has 0 radical (unpaired) electrons. The highest BCUT2D eigenvalue weighted by Crippen LogP contribution is 2.36. The molecule has 1 aromatic rings. The van der Waals surface area contributed by atoms with Gasteiger partial charge in [0.15, 0.2) is 0 Å². The summed E-state index contributed by atoms with van der Waals surface area (Å²) in [4.78, 5) is 8.92. The van der Waals surface area contributed by atoms with Crippen molar-refractivity contribution in [2.75, 3.05) is 0 Å². The van der Waals surface area contributed by atoms with Crippen LogP contribution >= 0.6 is 0 Å². The van der Waals surface area contributed by atoms with E-state index in [0.717, 1.165) is 17.7 Å². The summed E-state index contributed by atoms with van der Waals surface area (Å²) in [6.07, 6.45) is 4.60. The van der Waals surface area contributed by atoms with E-state index < -0.39 is 7.12 Å². The summed E-state index contributed by atoms with van der Waals surface area (Å²) in [6.45, 7) is 12.5. The van der Waals surface area contributed by atoms with E-state index in [1.54, 1.807) is 6.20 Å². The largest absolute Gasteiger partial charge is 0.516 e. The summed E-state index contributed by atoms with van der Waals surface area (Å²) in [5.41, 5.74) is 1.07. The van der Waals surface area contributed by atoms with Crippen molar-refractivity contribution in [1.82, 2.24) is 9.97 Å². The third-order valence-electron chi connectivity index (χ3n) is 4.28. The van der Waals surface area contributed by atoms with Crippen LogP contribution < -0.4 is 5.59 Å². The average molecular weight is 262 g/mol. The second-order valence-corrected chi connectivity index (χ2v) is 6.27. The van der Waals surface area contributed by atoms with E-state index in [1.807, 2.05) is 33.9 Å². The minimum absolute atomic E-state index is 0.342. The van der Waals surface area contributed by atoms with E-state index in [1.165, 1.54) is 0 Å². The maximum Gasteiger partial charge on any atom is 0.516 e. The molecule has 5 heteroatoms. The van der Waals surface area contributed by atoms with Crippen molar-refractivity contribution in [2.45, 2.75) is 65.1 Å². The van der Waals surface area contributed by atoms with E-state index in [-0.39, 0.29) is 11.2 Å². The maximum atomic E-state index is 5.99. The smallest absolute Gasteiger partial charge is 0.398 e. The molecule has 0 saturated carbocycles. The first kappa shape index (κ1) is 14.5. The van der Waals surface area contributed by atoms with Crippen molar-refractivity contribution >= 4 is 12.7 Å². The lowest BCUT2D eigenvalue weighted by Crippen LogP contribution is -2.41. The van der Waals surface area contributed by atoms with Gasteiger partial charge in [-0.3, -0.25) is 9.97 Å². The van der Waals surface area contributed by atoms with Crippen molar-refractivity contribution in [2.24, 2.45) is 0 Å². The molecule has 2 heterocycles. The topological polar surface area (TPSA) is 44.2 Å². The van der Waals surface area contributed by atoms with E-state index in [9.17, 15) is 0 Å². The fraction of sp³-hybridized carbons (Fsp3) is 0.714. The van der Waals surface area contributed by atoms with Crippen LogP contribution in [0.4, 0.5) is 0 Å². The quantitative estimate of drug-likeness (QED) is 0.784. The molecular weight excluding hydrogens is 239 g/mol. The number of hydrogen-bond donors (Lipinski definition) is 0.